The van der Waals surface area contributed by atoms with Gasteiger partial charge in [0.05, 0.1) is 12.6 Å². The average Bonchev–Trinajstić information content (AvgIpc) is 3.39. The van der Waals surface area contributed by atoms with Gasteiger partial charge in [0.15, 0.2) is 0 Å². The molecule has 2 fully saturated rings. The van der Waals surface area contributed by atoms with E-state index in [0.717, 1.165) is 18.4 Å². The molecule has 28 heavy (non-hydrogen) atoms. The molecule has 152 valence electrons. The summed E-state index contributed by atoms with van der Waals surface area (Å²) in [6.07, 6.45) is 6.18. The van der Waals surface area contributed by atoms with Crippen LogP contribution in [0.15, 0.2) is 41.4 Å². The molecule has 1 N–H and O–H groups in total. The summed E-state index contributed by atoms with van der Waals surface area (Å²) in [6.45, 7) is 2.83. The van der Waals surface area contributed by atoms with Crippen LogP contribution in [-0.4, -0.2) is 71.8 Å². The molecule has 0 radical (unpaired) electrons. The van der Waals surface area contributed by atoms with E-state index < -0.39 is 10.0 Å². The fourth-order valence-electron chi connectivity index (χ4n) is 4.19. The Bertz CT molecular complexity index is 883. The molecule has 8 heteroatoms. The van der Waals surface area contributed by atoms with Crippen LogP contribution in [0, 0.1) is 0 Å². The number of hydrogen-bond acceptors (Lipinski definition) is 5. The van der Waals surface area contributed by atoms with Gasteiger partial charge in [-0.15, -0.1) is 0 Å². The molecule has 0 spiro atoms. The molecular weight excluding hydrogens is 376 g/mol. The lowest BCUT2D eigenvalue weighted by atomic mass is 10.2. The number of aliphatic hydroxyl groups is 1. The Morgan fingerprint density at radius 1 is 1.04 bits per heavy atom. The number of hydrogen-bond donors (Lipinski definition) is 1. The molecule has 1 aliphatic carbocycles. The summed E-state index contributed by atoms with van der Waals surface area (Å²) in [5, 5.41) is 13.8. The fraction of sp³-hybridized carbons (Fsp3) is 0.550. The smallest absolute Gasteiger partial charge is 0.246 e. The van der Waals surface area contributed by atoms with E-state index in [-0.39, 0.29) is 12.6 Å². The predicted octanol–water partition coefficient (Wildman–Crippen LogP) is 1.96. The van der Waals surface area contributed by atoms with Crippen LogP contribution in [0.25, 0.3) is 11.3 Å². The van der Waals surface area contributed by atoms with Gasteiger partial charge in [-0.3, -0.25) is 9.58 Å². The number of aliphatic hydroxyl groups excluding tert-OH is 1. The highest BCUT2D eigenvalue weighted by atomic mass is 32.2. The van der Waals surface area contributed by atoms with Crippen molar-refractivity contribution in [3.8, 4) is 11.3 Å². The minimum atomic E-state index is -3.63. The first-order valence-corrected chi connectivity index (χ1v) is 11.5. The van der Waals surface area contributed by atoms with E-state index in [2.05, 4.69) is 4.90 Å². The van der Waals surface area contributed by atoms with Crippen LogP contribution in [0.4, 0.5) is 0 Å². The molecule has 0 unspecified atom stereocenters. The third-order valence-corrected chi connectivity index (χ3v) is 7.71. The van der Waals surface area contributed by atoms with E-state index in [4.69, 9.17) is 10.2 Å². The summed E-state index contributed by atoms with van der Waals surface area (Å²) in [5.74, 6) is 0. The number of rotatable bonds is 6. The largest absolute Gasteiger partial charge is 0.395 e. The molecular formula is C20H28N4O3S. The molecule has 1 aliphatic heterocycles. The first kappa shape index (κ1) is 19.6. The second-order valence-electron chi connectivity index (χ2n) is 7.60. The Morgan fingerprint density at radius 2 is 1.71 bits per heavy atom. The van der Waals surface area contributed by atoms with E-state index >= 15 is 0 Å². The van der Waals surface area contributed by atoms with Gasteiger partial charge in [0, 0.05) is 44.5 Å². The van der Waals surface area contributed by atoms with Crippen LogP contribution in [-0.2, 0) is 10.0 Å². The van der Waals surface area contributed by atoms with E-state index in [1.54, 1.807) is 10.5 Å². The first-order valence-electron chi connectivity index (χ1n) is 10.1. The van der Waals surface area contributed by atoms with Gasteiger partial charge in [0.25, 0.3) is 0 Å². The Balaban J connectivity index is 1.67. The summed E-state index contributed by atoms with van der Waals surface area (Å²) in [5.41, 5.74) is 1.38. The standard InChI is InChI=1S/C20H28N4O3S/c25-15-14-22-10-12-23(13-11-22)28(26,27)19-16-24(18-8-4-5-9-18)21-20(19)17-6-2-1-3-7-17/h1-3,6-7,16,18,25H,4-5,8-15H2. The third-order valence-electron chi connectivity index (χ3n) is 5.81. The number of aromatic nitrogens is 2. The first-order chi connectivity index (χ1) is 13.6. The van der Waals surface area contributed by atoms with Crippen LogP contribution in [0.1, 0.15) is 31.7 Å². The van der Waals surface area contributed by atoms with Gasteiger partial charge >= 0.3 is 0 Å². The third kappa shape index (κ3) is 3.87. The van der Waals surface area contributed by atoms with Gasteiger partial charge in [-0.2, -0.15) is 9.40 Å². The molecule has 0 amide bonds. The van der Waals surface area contributed by atoms with Crippen molar-refractivity contribution in [3.05, 3.63) is 36.5 Å². The average molecular weight is 405 g/mol. The van der Waals surface area contributed by atoms with Gasteiger partial charge in [-0.1, -0.05) is 43.2 Å². The van der Waals surface area contributed by atoms with Crippen molar-refractivity contribution in [1.29, 1.82) is 0 Å². The lowest BCUT2D eigenvalue weighted by Crippen LogP contribution is -2.49. The lowest BCUT2D eigenvalue weighted by Gasteiger charge is -2.33. The van der Waals surface area contributed by atoms with Gasteiger partial charge in [-0.05, 0) is 12.8 Å². The van der Waals surface area contributed by atoms with Crippen LogP contribution >= 0.6 is 0 Å². The zero-order valence-corrected chi connectivity index (χ0v) is 16.9. The van der Waals surface area contributed by atoms with Crippen molar-refractivity contribution < 1.29 is 13.5 Å². The maximum atomic E-state index is 13.5. The molecule has 2 heterocycles. The quantitative estimate of drug-likeness (QED) is 0.796. The predicted molar refractivity (Wildman–Crippen MR) is 107 cm³/mol. The van der Waals surface area contributed by atoms with Crippen molar-refractivity contribution in [2.75, 3.05) is 39.3 Å². The summed E-state index contributed by atoms with van der Waals surface area (Å²) < 4.78 is 30.4. The summed E-state index contributed by atoms with van der Waals surface area (Å²) >= 11 is 0. The molecule has 1 aromatic heterocycles. The van der Waals surface area contributed by atoms with E-state index in [1.807, 2.05) is 35.0 Å². The minimum Gasteiger partial charge on any atom is -0.395 e. The topological polar surface area (TPSA) is 78.7 Å². The molecule has 2 aromatic rings. The number of β-amino-alcohol motifs (C(OH)–C–C–N with tert-alkyl or cyclic N) is 1. The van der Waals surface area contributed by atoms with E-state index in [9.17, 15) is 8.42 Å². The van der Waals surface area contributed by atoms with Gasteiger partial charge < -0.3 is 5.11 Å². The molecule has 0 bridgehead atoms. The molecule has 2 aliphatic rings. The number of piperazine rings is 1. The molecule has 0 atom stereocenters. The van der Waals surface area contributed by atoms with E-state index in [0.29, 0.717) is 43.3 Å². The minimum absolute atomic E-state index is 0.0963. The monoisotopic (exact) mass is 404 g/mol. The Labute approximate surface area is 166 Å². The van der Waals surface area contributed by atoms with Crippen LogP contribution in [0.3, 0.4) is 0 Å². The second-order valence-corrected chi connectivity index (χ2v) is 9.50. The summed E-state index contributed by atoms with van der Waals surface area (Å²) in [7, 11) is -3.63. The molecule has 4 rings (SSSR count). The Kier molecular flexibility index (Phi) is 5.82. The lowest BCUT2D eigenvalue weighted by molar-refractivity contribution is 0.151. The van der Waals surface area contributed by atoms with Crippen molar-refractivity contribution >= 4 is 10.0 Å². The van der Waals surface area contributed by atoms with Crippen molar-refractivity contribution in [2.45, 2.75) is 36.6 Å². The van der Waals surface area contributed by atoms with E-state index in [1.165, 1.54) is 12.8 Å². The van der Waals surface area contributed by atoms with Crippen molar-refractivity contribution in [2.24, 2.45) is 0 Å². The highest BCUT2D eigenvalue weighted by molar-refractivity contribution is 7.89. The van der Waals surface area contributed by atoms with Gasteiger partial charge in [0.1, 0.15) is 10.6 Å². The molecule has 1 aromatic carbocycles. The molecule has 1 saturated heterocycles. The van der Waals surface area contributed by atoms with Gasteiger partial charge in [-0.25, -0.2) is 8.42 Å². The van der Waals surface area contributed by atoms with Crippen LogP contribution < -0.4 is 0 Å². The zero-order chi connectivity index (χ0) is 19.6. The molecule has 1 saturated carbocycles. The fourth-order valence-corrected chi connectivity index (χ4v) is 5.76. The summed E-state index contributed by atoms with van der Waals surface area (Å²) in [6, 6.07) is 9.86. The normalized spacial score (nSPS) is 20.0. The summed E-state index contributed by atoms with van der Waals surface area (Å²) in [4.78, 5) is 2.40. The van der Waals surface area contributed by atoms with Gasteiger partial charge in [0.2, 0.25) is 10.0 Å². The number of nitrogens with zero attached hydrogens (tertiary/aromatic N) is 4. The van der Waals surface area contributed by atoms with Crippen LogP contribution in [0.5, 0.6) is 0 Å². The number of sulfonamides is 1. The zero-order valence-electron chi connectivity index (χ0n) is 16.1. The van der Waals surface area contributed by atoms with Crippen LogP contribution in [0.2, 0.25) is 0 Å². The highest BCUT2D eigenvalue weighted by Crippen LogP contribution is 2.34. The highest BCUT2D eigenvalue weighted by Gasteiger charge is 2.33. The second kappa shape index (κ2) is 8.32. The molecule has 7 nitrogen and oxygen atoms in total. The maximum Gasteiger partial charge on any atom is 0.246 e. The Hall–Kier alpha value is -1.74. The maximum absolute atomic E-state index is 13.5. The van der Waals surface area contributed by atoms with Crippen molar-refractivity contribution in [1.82, 2.24) is 19.0 Å². The Morgan fingerprint density at radius 3 is 2.36 bits per heavy atom. The number of benzene rings is 1. The van der Waals surface area contributed by atoms with Crippen molar-refractivity contribution in [3.63, 3.8) is 0 Å². The SMILES string of the molecule is O=S(=O)(c1cn(C2CCCC2)nc1-c1ccccc1)N1CCN(CCO)CC1.